The number of rotatable bonds is 4. The molecule has 1 heterocycles. The number of hydrogen-bond donors (Lipinski definition) is 0. The molecule has 0 amide bonds. The van der Waals surface area contributed by atoms with Gasteiger partial charge in [0.2, 0.25) is 5.88 Å². The monoisotopic (exact) mass is 335 g/mol. The van der Waals surface area contributed by atoms with E-state index in [1.807, 2.05) is 31.2 Å². The summed E-state index contributed by atoms with van der Waals surface area (Å²) in [6.07, 6.45) is 0. The number of nitrogens with zero attached hydrogens (tertiary/aromatic N) is 3. The van der Waals surface area contributed by atoms with E-state index in [0.717, 1.165) is 11.1 Å². The van der Waals surface area contributed by atoms with Crippen molar-refractivity contribution in [3.05, 3.63) is 81.9 Å². The molecule has 0 aliphatic rings. The average molecular weight is 335 g/mol. The number of nitro groups is 1. The zero-order valence-electron chi connectivity index (χ0n) is 13.2. The number of carbonyl (C=O) groups excluding carboxylic acids is 1. The summed E-state index contributed by atoms with van der Waals surface area (Å²) in [6, 6.07) is 16.2. The normalized spacial score (nSPS) is 10.3. The molecule has 25 heavy (non-hydrogen) atoms. The van der Waals surface area contributed by atoms with Crippen molar-refractivity contribution in [2.75, 3.05) is 0 Å². The molecule has 0 spiro atoms. The minimum atomic E-state index is -0.660. The van der Waals surface area contributed by atoms with Gasteiger partial charge in [0.05, 0.1) is 16.2 Å². The van der Waals surface area contributed by atoms with Gasteiger partial charge in [-0.1, -0.05) is 29.8 Å². The Kier molecular flexibility index (Phi) is 4.47. The maximum absolute atomic E-state index is 12.0. The van der Waals surface area contributed by atoms with E-state index in [-0.39, 0.29) is 17.1 Å². The SMILES string of the molecule is Cc1ccc(-c2ccc(OC(=O)c3ccc([N+](=O)[O-])cc3)nn2)cc1. The Morgan fingerprint density at radius 2 is 1.64 bits per heavy atom. The number of aryl methyl sites for hydroxylation is 1. The van der Waals surface area contributed by atoms with Crippen LogP contribution in [0.4, 0.5) is 5.69 Å². The van der Waals surface area contributed by atoms with Crippen molar-refractivity contribution in [2.45, 2.75) is 6.92 Å². The third-order valence-corrected chi connectivity index (χ3v) is 3.50. The lowest BCUT2D eigenvalue weighted by Crippen LogP contribution is -2.10. The van der Waals surface area contributed by atoms with Crippen LogP contribution in [0.1, 0.15) is 15.9 Å². The van der Waals surface area contributed by atoms with Gasteiger partial charge in [-0.05, 0) is 25.1 Å². The Labute approximate surface area is 143 Å². The highest BCUT2D eigenvalue weighted by atomic mass is 16.6. The maximum Gasteiger partial charge on any atom is 0.344 e. The number of aromatic nitrogens is 2. The summed E-state index contributed by atoms with van der Waals surface area (Å²) in [5, 5.41) is 18.5. The number of nitro benzene ring substituents is 1. The quantitative estimate of drug-likeness (QED) is 0.411. The van der Waals surface area contributed by atoms with Gasteiger partial charge in [0.1, 0.15) is 0 Å². The summed E-state index contributed by atoms with van der Waals surface area (Å²) >= 11 is 0. The maximum atomic E-state index is 12.0. The number of hydrogen-bond acceptors (Lipinski definition) is 6. The molecular weight excluding hydrogens is 322 g/mol. The first kappa shape index (κ1) is 16.3. The van der Waals surface area contributed by atoms with Crippen molar-refractivity contribution in [2.24, 2.45) is 0 Å². The van der Waals surface area contributed by atoms with E-state index in [4.69, 9.17) is 4.74 Å². The van der Waals surface area contributed by atoms with Crippen molar-refractivity contribution in [1.82, 2.24) is 10.2 Å². The minimum absolute atomic E-state index is 0.0548. The molecule has 0 N–H and O–H groups in total. The summed E-state index contributed by atoms with van der Waals surface area (Å²) < 4.78 is 5.13. The zero-order valence-corrected chi connectivity index (χ0v) is 13.2. The van der Waals surface area contributed by atoms with Crippen LogP contribution in [0.2, 0.25) is 0 Å². The Balaban J connectivity index is 1.71. The highest BCUT2D eigenvalue weighted by Gasteiger charge is 2.12. The van der Waals surface area contributed by atoms with E-state index >= 15 is 0 Å². The van der Waals surface area contributed by atoms with E-state index < -0.39 is 10.9 Å². The van der Waals surface area contributed by atoms with E-state index in [0.29, 0.717) is 5.69 Å². The second-order valence-corrected chi connectivity index (χ2v) is 5.32. The van der Waals surface area contributed by atoms with E-state index in [2.05, 4.69) is 10.2 Å². The highest BCUT2D eigenvalue weighted by Crippen LogP contribution is 2.19. The smallest absolute Gasteiger partial charge is 0.344 e. The van der Waals surface area contributed by atoms with Crippen molar-refractivity contribution < 1.29 is 14.5 Å². The second kappa shape index (κ2) is 6.88. The van der Waals surface area contributed by atoms with Gasteiger partial charge in [-0.3, -0.25) is 10.1 Å². The van der Waals surface area contributed by atoms with E-state index in [1.54, 1.807) is 12.1 Å². The molecule has 124 valence electrons. The standard InChI is InChI=1S/C18H13N3O4/c1-12-2-4-13(5-3-12)16-10-11-17(20-19-16)25-18(22)14-6-8-15(9-7-14)21(23)24/h2-11H,1H3. The molecule has 0 saturated carbocycles. The van der Waals surface area contributed by atoms with Gasteiger partial charge in [-0.25, -0.2) is 4.79 Å². The number of carbonyl (C=O) groups is 1. The number of non-ortho nitro benzene ring substituents is 1. The molecule has 0 atom stereocenters. The van der Waals surface area contributed by atoms with Gasteiger partial charge in [0.25, 0.3) is 5.69 Å². The molecule has 3 rings (SSSR count). The molecule has 0 aliphatic carbocycles. The Morgan fingerprint density at radius 3 is 2.20 bits per heavy atom. The van der Waals surface area contributed by atoms with Crippen molar-refractivity contribution in [1.29, 1.82) is 0 Å². The largest absolute Gasteiger partial charge is 0.402 e. The van der Waals surface area contributed by atoms with Crippen LogP contribution in [0.25, 0.3) is 11.3 Å². The Hall–Kier alpha value is -3.61. The third kappa shape index (κ3) is 3.84. The van der Waals surface area contributed by atoms with Crippen LogP contribution >= 0.6 is 0 Å². The highest BCUT2D eigenvalue weighted by molar-refractivity contribution is 5.91. The van der Waals surface area contributed by atoms with Crippen LogP contribution in [-0.2, 0) is 0 Å². The Morgan fingerprint density at radius 1 is 0.960 bits per heavy atom. The molecule has 0 unspecified atom stereocenters. The predicted molar refractivity (Wildman–Crippen MR) is 90.3 cm³/mol. The summed E-state index contributed by atoms with van der Waals surface area (Å²) in [6.45, 7) is 2.00. The van der Waals surface area contributed by atoms with Crippen molar-refractivity contribution >= 4 is 11.7 Å². The fourth-order valence-electron chi connectivity index (χ4n) is 2.13. The van der Waals surface area contributed by atoms with Crippen LogP contribution in [0, 0.1) is 17.0 Å². The number of ether oxygens (including phenoxy) is 1. The van der Waals surface area contributed by atoms with Crippen molar-refractivity contribution in [3.63, 3.8) is 0 Å². The van der Waals surface area contributed by atoms with Gasteiger partial charge >= 0.3 is 5.97 Å². The predicted octanol–water partition coefficient (Wildman–Crippen LogP) is 3.58. The number of benzene rings is 2. The van der Waals surface area contributed by atoms with Crippen LogP contribution < -0.4 is 4.74 Å². The lowest BCUT2D eigenvalue weighted by atomic mass is 10.1. The second-order valence-electron chi connectivity index (χ2n) is 5.32. The number of esters is 1. The first-order valence-corrected chi connectivity index (χ1v) is 7.40. The first-order chi connectivity index (χ1) is 12.0. The van der Waals surface area contributed by atoms with Gasteiger partial charge in [0, 0.05) is 23.8 Å². The third-order valence-electron chi connectivity index (χ3n) is 3.50. The van der Waals surface area contributed by atoms with Gasteiger partial charge < -0.3 is 4.74 Å². The van der Waals surface area contributed by atoms with Gasteiger partial charge in [-0.2, -0.15) is 0 Å². The van der Waals surface area contributed by atoms with Crippen LogP contribution in [0.5, 0.6) is 5.88 Å². The molecule has 1 aromatic heterocycles. The van der Waals surface area contributed by atoms with Gasteiger partial charge in [-0.15, -0.1) is 10.2 Å². The summed E-state index contributed by atoms with van der Waals surface area (Å²) in [5.41, 5.74) is 2.81. The lowest BCUT2D eigenvalue weighted by molar-refractivity contribution is -0.384. The van der Waals surface area contributed by atoms with Crippen LogP contribution in [0.15, 0.2) is 60.7 Å². The lowest BCUT2D eigenvalue weighted by Gasteiger charge is -2.04. The molecule has 0 saturated heterocycles. The summed E-state index contributed by atoms with van der Waals surface area (Å²) in [5.74, 6) is -0.605. The fraction of sp³-hybridized carbons (Fsp3) is 0.0556. The molecule has 0 fully saturated rings. The van der Waals surface area contributed by atoms with E-state index in [1.165, 1.54) is 24.3 Å². The Bertz CT molecular complexity index is 905. The molecule has 7 heteroatoms. The van der Waals surface area contributed by atoms with Crippen LogP contribution in [-0.4, -0.2) is 21.1 Å². The van der Waals surface area contributed by atoms with Crippen molar-refractivity contribution in [3.8, 4) is 17.1 Å². The summed E-state index contributed by atoms with van der Waals surface area (Å²) in [4.78, 5) is 22.1. The molecule has 0 radical (unpaired) electrons. The molecule has 0 aliphatic heterocycles. The topological polar surface area (TPSA) is 95.2 Å². The van der Waals surface area contributed by atoms with Gasteiger partial charge in [0.15, 0.2) is 0 Å². The fourth-order valence-corrected chi connectivity index (χ4v) is 2.13. The zero-order chi connectivity index (χ0) is 17.8. The first-order valence-electron chi connectivity index (χ1n) is 7.40. The molecule has 0 bridgehead atoms. The van der Waals surface area contributed by atoms with Crippen LogP contribution in [0.3, 0.4) is 0 Å². The average Bonchev–Trinajstić information content (AvgIpc) is 2.63. The summed E-state index contributed by atoms with van der Waals surface area (Å²) in [7, 11) is 0. The molecule has 7 nitrogen and oxygen atoms in total. The molecule has 3 aromatic rings. The minimum Gasteiger partial charge on any atom is -0.402 e. The molecular formula is C18H13N3O4. The molecule has 2 aromatic carbocycles. The van der Waals surface area contributed by atoms with E-state index in [9.17, 15) is 14.9 Å².